The van der Waals surface area contributed by atoms with Gasteiger partial charge in [0, 0.05) is 24.0 Å². The normalized spacial score (nSPS) is 10.5. The molecule has 0 aliphatic heterocycles. The number of benzene rings is 3. The van der Waals surface area contributed by atoms with Crippen LogP contribution in [0.4, 0.5) is 0 Å². The fraction of sp³-hybridized carbons (Fsp3) is 0.0769. The summed E-state index contributed by atoms with van der Waals surface area (Å²) < 4.78 is 0. The van der Waals surface area contributed by atoms with Crippen LogP contribution in [-0.4, -0.2) is 10.9 Å². The van der Waals surface area contributed by atoms with Gasteiger partial charge in [0.05, 0.1) is 0 Å². The number of aryl methyl sites for hydroxylation is 1. The van der Waals surface area contributed by atoms with Crippen molar-refractivity contribution >= 4 is 5.91 Å². The van der Waals surface area contributed by atoms with E-state index in [4.69, 9.17) is 0 Å². The van der Waals surface area contributed by atoms with Crippen molar-refractivity contribution in [3.63, 3.8) is 0 Å². The van der Waals surface area contributed by atoms with Crippen molar-refractivity contribution in [2.24, 2.45) is 0 Å². The van der Waals surface area contributed by atoms with E-state index in [1.54, 1.807) is 0 Å². The van der Waals surface area contributed by atoms with Crippen LogP contribution in [0.5, 0.6) is 0 Å². The van der Waals surface area contributed by atoms with E-state index in [1.165, 1.54) is 0 Å². The second-order valence-corrected chi connectivity index (χ2v) is 7.01. The first-order valence-corrected chi connectivity index (χ1v) is 9.65. The summed E-state index contributed by atoms with van der Waals surface area (Å²) in [5.74, 6) is -0.0709. The molecule has 1 aromatic heterocycles. The fourth-order valence-electron chi connectivity index (χ4n) is 3.27. The summed E-state index contributed by atoms with van der Waals surface area (Å²) in [6, 6.07) is 30.1. The lowest BCUT2D eigenvalue weighted by Gasteiger charge is -2.08. The molecule has 0 bridgehead atoms. The Hall–Kier alpha value is -3.72. The number of nitrogens with one attached hydrogen (secondary N) is 1. The van der Waals surface area contributed by atoms with Crippen molar-refractivity contribution < 1.29 is 4.79 Å². The van der Waals surface area contributed by atoms with E-state index in [-0.39, 0.29) is 5.91 Å². The van der Waals surface area contributed by atoms with Crippen molar-refractivity contribution in [1.29, 1.82) is 0 Å². The van der Waals surface area contributed by atoms with Crippen molar-refractivity contribution in [3.05, 3.63) is 114 Å². The standard InChI is InChI=1S/C26H22N2O/c1-19-17-25(15-16-27-19)23-9-7-20(8-10-23)18-28-26(29)24-13-11-22(12-14-24)21-5-3-2-4-6-21/h2-17H,18H2,1H3,(H,28,29). The Morgan fingerprint density at radius 1 is 0.759 bits per heavy atom. The van der Waals surface area contributed by atoms with Crippen LogP contribution in [0.15, 0.2) is 97.2 Å². The molecule has 0 saturated carbocycles. The number of carbonyl (C=O) groups excluding carboxylic acids is 1. The number of aromatic nitrogens is 1. The lowest BCUT2D eigenvalue weighted by Crippen LogP contribution is -2.22. The van der Waals surface area contributed by atoms with E-state index in [9.17, 15) is 4.79 Å². The Morgan fingerprint density at radius 3 is 2.07 bits per heavy atom. The van der Waals surface area contributed by atoms with E-state index in [1.807, 2.05) is 73.8 Å². The highest BCUT2D eigenvalue weighted by atomic mass is 16.1. The molecule has 3 heteroatoms. The Labute approximate surface area is 171 Å². The van der Waals surface area contributed by atoms with Crippen LogP contribution < -0.4 is 5.32 Å². The van der Waals surface area contributed by atoms with Crippen molar-refractivity contribution in [2.45, 2.75) is 13.5 Å². The molecule has 0 radical (unpaired) electrons. The zero-order chi connectivity index (χ0) is 20.1. The highest BCUT2D eigenvalue weighted by Crippen LogP contribution is 2.21. The molecule has 0 spiro atoms. The van der Waals surface area contributed by atoms with E-state index < -0.39 is 0 Å². The first-order chi connectivity index (χ1) is 14.2. The van der Waals surface area contributed by atoms with E-state index in [0.717, 1.165) is 33.5 Å². The molecule has 0 saturated heterocycles. The summed E-state index contributed by atoms with van der Waals surface area (Å²) in [6.07, 6.45) is 1.82. The minimum atomic E-state index is -0.0709. The third-order valence-electron chi connectivity index (χ3n) is 4.89. The van der Waals surface area contributed by atoms with Crippen LogP contribution in [0.3, 0.4) is 0 Å². The van der Waals surface area contributed by atoms with Crippen molar-refractivity contribution in [1.82, 2.24) is 10.3 Å². The minimum Gasteiger partial charge on any atom is -0.348 e. The Balaban J connectivity index is 1.38. The van der Waals surface area contributed by atoms with E-state index in [0.29, 0.717) is 12.1 Å². The van der Waals surface area contributed by atoms with Gasteiger partial charge in [-0.3, -0.25) is 9.78 Å². The molecule has 0 aliphatic rings. The quantitative estimate of drug-likeness (QED) is 0.487. The molecule has 4 aromatic rings. The molecule has 4 rings (SSSR count). The summed E-state index contributed by atoms with van der Waals surface area (Å²) in [5.41, 5.74) is 7.25. The summed E-state index contributed by atoms with van der Waals surface area (Å²) in [6.45, 7) is 2.48. The molecule has 0 atom stereocenters. The highest BCUT2D eigenvalue weighted by molar-refractivity contribution is 5.94. The molecule has 3 aromatic carbocycles. The zero-order valence-corrected chi connectivity index (χ0v) is 16.3. The second kappa shape index (κ2) is 8.53. The highest BCUT2D eigenvalue weighted by Gasteiger charge is 2.06. The third kappa shape index (κ3) is 4.58. The molecular formula is C26H22N2O. The van der Waals surface area contributed by atoms with Gasteiger partial charge < -0.3 is 5.32 Å². The fourth-order valence-corrected chi connectivity index (χ4v) is 3.27. The van der Waals surface area contributed by atoms with Crippen LogP contribution in [0, 0.1) is 6.92 Å². The van der Waals surface area contributed by atoms with Gasteiger partial charge in [0.1, 0.15) is 0 Å². The molecule has 142 valence electrons. The molecule has 1 heterocycles. The summed E-state index contributed by atoms with van der Waals surface area (Å²) >= 11 is 0. The SMILES string of the molecule is Cc1cc(-c2ccc(CNC(=O)c3ccc(-c4ccccc4)cc3)cc2)ccn1. The summed E-state index contributed by atoms with van der Waals surface area (Å²) in [7, 11) is 0. The second-order valence-electron chi connectivity index (χ2n) is 7.01. The number of carbonyl (C=O) groups is 1. The molecule has 3 nitrogen and oxygen atoms in total. The maximum absolute atomic E-state index is 12.5. The number of hydrogen-bond acceptors (Lipinski definition) is 2. The molecule has 29 heavy (non-hydrogen) atoms. The van der Waals surface area contributed by atoms with Gasteiger partial charge in [-0.25, -0.2) is 0 Å². The largest absolute Gasteiger partial charge is 0.348 e. The van der Waals surface area contributed by atoms with Gasteiger partial charge >= 0.3 is 0 Å². The van der Waals surface area contributed by atoms with Gasteiger partial charge in [0.15, 0.2) is 0 Å². The monoisotopic (exact) mass is 378 g/mol. The van der Waals surface area contributed by atoms with Crippen LogP contribution in [-0.2, 0) is 6.54 Å². The Morgan fingerprint density at radius 2 is 1.38 bits per heavy atom. The van der Waals surface area contributed by atoms with Gasteiger partial charge in [-0.15, -0.1) is 0 Å². The summed E-state index contributed by atoms with van der Waals surface area (Å²) in [4.78, 5) is 16.7. The van der Waals surface area contributed by atoms with Gasteiger partial charge in [-0.1, -0.05) is 66.7 Å². The minimum absolute atomic E-state index is 0.0709. The third-order valence-corrected chi connectivity index (χ3v) is 4.89. The van der Waals surface area contributed by atoms with Crippen LogP contribution >= 0.6 is 0 Å². The van der Waals surface area contributed by atoms with Gasteiger partial charge in [0.2, 0.25) is 0 Å². The average molecular weight is 378 g/mol. The molecular weight excluding hydrogens is 356 g/mol. The molecule has 1 amide bonds. The first kappa shape index (κ1) is 18.6. The maximum atomic E-state index is 12.5. The van der Waals surface area contributed by atoms with Crippen LogP contribution in [0.1, 0.15) is 21.6 Å². The van der Waals surface area contributed by atoms with Gasteiger partial charge in [0.25, 0.3) is 5.91 Å². The van der Waals surface area contributed by atoms with Crippen molar-refractivity contribution in [3.8, 4) is 22.3 Å². The number of pyridine rings is 1. The molecule has 0 unspecified atom stereocenters. The van der Waals surface area contributed by atoms with Crippen LogP contribution in [0.25, 0.3) is 22.3 Å². The predicted octanol–water partition coefficient (Wildman–Crippen LogP) is 5.65. The molecule has 0 fully saturated rings. The first-order valence-electron chi connectivity index (χ1n) is 9.65. The Kier molecular flexibility index (Phi) is 5.48. The maximum Gasteiger partial charge on any atom is 0.251 e. The van der Waals surface area contributed by atoms with Crippen molar-refractivity contribution in [2.75, 3.05) is 0 Å². The smallest absolute Gasteiger partial charge is 0.251 e. The average Bonchev–Trinajstić information content (AvgIpc) is 2.78. The number of rotatable bonds is 5. The van der Waals surface area contributed by atoms with E-state index >= 15 is 0 Å². The number of nitrogens with zero attached hydrogens (tertiary/aromatic N) is 1. The predicted molar refractivity (Wildman–Crippen MR) is 117 cm³/mol. The Bertz CT molecular complexity index is 1100. The molecule has 1 N–H and O–H groups in total. The van der Waals surface area contributed by atoms with Gasteiger partial charge in [-0.05, 0) is 59.0 Å². The molecule has 0 aliphatic carbocycles. The number of amides is 1. The number of hydrogen-bond donors (Lipinski definition) is 1. The van der Waals surface area contributed by atoms with Crippen LogP contribution in [0.2, 0.25) is 0 Å². The van der Waals surface area contributed by atoms with E-state index in [2.05, 4.69) is 40.6 Å². The topological polar surface area (TPSA) is 42.0 Å². The summed E-state index contributed by atoms with van der Waals surface area (Å²) in [5, 5.41) is 2.99. The van der Waals surface area contributed by atoms with Gasteiger partial charge in [-0.2, -0.15) is 0 Å². The lowest BCUT2D eigenvalue weighted by molar-refractivity contribution is 0.0951. The zero-order valence-electron chi connectivity index (χ0n) is 16.3. The lowest BCUT2D eigenvalue weighted by atomic mass is 10.0.